The van der Waals surface area contributed by atoms with E-state index >= 15 is 0 Å². The summed E-state index contributed by atoms with van der Waals surface area (Å²) in [6.45, 7) is 0. The first-order valence-corrected chi connectivity index (χ1v) is 17.1. The Labute approximate surface area is 237 Å². The molecule has 5 rings (SSSR count). The number of ketones is 1. The molecule has 1 atom stereocenters. The van der Waals surface area contributed by atoms with Crippen LogP contribution in [0.25, 0.3) is 0 Å². The van der Waals surface area contributed by atoms with Crippen molar-refractivity contribution >= 4 is 65.4 Å². The van der Waals surface area contributed by atoms with Gasteiger partial charge in [-0.05, 0) is 0 Å². The second-order valence-electron chi connectivity index (χ2n) is 9.07. The van der Waals surface area contributed by atoms with E-state index in [0.29, 0.717) is 10.6 Å². The van der Waals surface area contributed by atoms with Gasteiger partial charge < -0.3 is 0 Å². The van der Waals surface area contributed by atoms with Gasteiger partial charge in [0.05, 0.1) is 0 Å². The number of hydrogen-bond donors (Lipinski definition) is 1. The summed E-state index contributed by atoms with van der Waals surface area (Å²) in [4.78, 5) is 15.3. The van der Waals surface area contributed by atoms with Crippen molar-refractivity contribution in [2.24, 2.45) is 0 Å². The second-order valence-corrected chi connectivity index (χ2v) is 18.1. The van der Waals surface area contributed by atoms with Gasteiger partial charge in [-0.25, -0.2) is 0 Å². The Balaban J connectivity index is 1.89. The quantitative estimate of drug-likeness (QED) is 0.114. The van der Waals surface area contributed by atoms with Crippen molar-refractivity contribution in [3.8, 4) is 0 Å². The molecule has 5 heteroatoms. The summed E-state index contributed by atoms with van der Waals surface area (Å²) >= 11 is 10.7. The number of halogens is 1. The van der Waals surface area contributed by atoms with Crippen molar-refractivity contribution in [2.75, 3.05) is 5.32 Å². The first-order chi connectivity index (χ1) is 18.5. The maximum absolute atomic E-state index is 14.8. The van der Waals surface area contributed by atoms with Gasteiger partial charge in [0.2, 0.25) is 0 Å². The Kier molecular flexibility index (Phi) is 7.67. The number of nitrogens with one attached hydrogen (secondary N) is 1. The Morgan fingerprint density at radius 2 is 0.921 bits per heavy atom. The maximum atomic E-state index is 14.8. The summed E-state index contributed by atoms with van der Waals surface area (Å²) < 4.78 is 0. The zero-order valence-corrected chi connectivity index (χ0v) is 23.9. The Hall–Kier alpha value is -3.43. The monoisotopic (exact) mass is 595 g/mol. The SMILES string of the molecule is O=C(c1ccccc1)C(C(=S)Nc1ccccc1)P(Br)(c1ccccc1)(c1ccccc1)c1ccccc1. The van der Waals surface area contributed by atoms with Crippen LogP contribution in [0.1, 0.15) is 10.4 Å². The van der Waals surface area contributed by atoms with Crippen LogP contribution in [0.2, 0.25) is 0 Å². The van der Waals surface area contributed by atoms with Crippen molar-refractivity contribution in [2.45, 2.75) is 5.66 Å². The van der Waals surface area contributed by atoms with Crippen LogP contribution in [0.4, 0.5) is 5.69 Å². The Morgan fingerprint density at radius 1 is 0.579 bits per heavy atom. The first-order valence-electron chi connectivity index (χ1n) is 12.4. The van der Waals surface area contributed by atoms with Crippen molar-refractivity contribution in [1.29, 1.82) is 0 Å². The Bertz CT molecular complexity index is 1430. The molecular formula is C33H27BrNOPS. The molecule has 0 saturated heterocycles. The van der Waals surface area contributed by atoms with E-state index in [1.54, 1.807) is 0 Å². The standard InChI is InChI=1S/C33H27BrNOPS/c34-37(28-20-10-3-11-21-28,29-22-12-4-13-23-29,30-24-14-5-15-25-30)32(31(36)26-16-6-1-7-17-26)33(38)35-27-18-8-2-9-19-27/h1-25,32H,(H,35,38). The number of benzene rings is 5. The third-order valence-corrected chi connectivity index (χ3v) is 17.7. The van der Waals surface area contributed by atoms with Crippen LogP contribution >= 0.6 is 33.0 Å². The van der Waals surface area contributed by atoms with Gasteiger partial charge in [-0.2, -0.15) is 0 Å². The number of Topliss-reactive ketones (excluding diaryl/α,β-unsaturated/α-hetero) is 1. The molecule has 188 valence electrons. The second kappa shape index (κ2) is 11.1. The van der Waals surface area contributed by atoms with Crippen LogP contribution < -0.4 is 21.2 Å². The fourth-order valence-electron chi connectivity index (χ4n) is 5.10. The number of anilines is 1. The average molecular weight is 597 g/mol. The van der Waals surface area contributed by atoms with Crippen molar-refractivity contribution < 1.29 is 4.79 Å². The first kappa shape index (κ1) is 26.2. The molecule has 5 aromatic rings. The molecule has 0 radical (unpaired) electrons. The topological polar surface area (TPSA) is 29.1 Å². The van der Waals surface area contributed by atoms with E-state index < -0.39 is 11.0 Å². The summed E-state index contributed by atoms with van der Waals surface area (Å²) in [6.07, 6.45) is 0. The van der Waals surface area contributed by atoms with Crippen molar-refractivity contribution in [1.82, 2.24) is 0 Å². The summed E-state index contributed by atoms with van der Waals surface area (Å²) in [5.41, 5.74) is 0.729. The van der Waals surface area contributed by atoms with Crippen LogP contribution in [-0.4, -0.2) is 16.4 Å². The minimum absolute atomic E-state index is 0.0369. The number of carbonyl (C=O) groups is 1. The van der Waals surface area contributed by atoms with Crippen molar-refractivity contribution in [3.05, 3.63) is 157 Å². The number of carbonyl (C=O) groups excluding carboxylic acids is 1. The van der Waals surface area contributed by atoms with Crippen LogP contribution in [0, 0.1) is 0 Å². The molecule has 2 nitrogen and oxygen atoms in total. The Morgan fingerprint density at radius 3 is 1.32 bits per heavy atom. The zero-order valence-electron chi connectivity index (χ0n) is 20.7. The zero-order chi connectivity index (χ0) is 26.5. The average Bonchev–Trinajstić information content (AvgIpc) is 2.99. The van der Waals surface area contributed by atoms with Gasteiger partial charge in [0, 0.05) is 0 Å². The summed E-state index contributed by atoms with van der Waals surface area (Å²) in [7, 11) is 0. The van der Waals surface area contributed by atoms with Gasteiger partial charge >= 0.3 is 238 Å². The van der Waals surface area contributed by atoms with E-state index in [1.165, 1.54) is 0 Å². The molecule has 0 aromatic heterocycles. The molecule has 0 bridgehead atoms. The molecule has 0 saturated carbocycles. The molecular weight excluding hydrogens is 569 g/mol. The van der Waals surface area contributed by atoms with Crippen LogP contribution in [0.15, 0.2) is 152 Å². The fourth-order valence-corrected chi connectivity index (χ4v) is 14.8. The number of rotatable bonds is 8. The van der Waals surface area contributed by atoms with E-state index in [9.17, 15) is 4.79 Å². The van der Waals surface area contributed by atoms with Gasteiger partial charge in [0.25, 0.3) is 0 Å². The van der Waals surface area contributed by atoms with E-state index in [-0.39, 0.29) is 5.78 Å². The number of hydrogen-bond acceptors (Lipinski definition) is 2. The molecule has 0 aliphatic carbocycles. The number of para-hydroxylation sites is 1. The minimum atomic E-state index is -3.79. The van der Waals surface area contributed by atoms with Crippen LogP contribution in [0.3, 0.4) is 0 Å². The molecule has 1 unspecified atom stereocenters. The van der Waals surface area contributed by atoms with E-state index in [2.05, 4.69) is 57.2 Å². The third kappa shape index (κ3) is 4.54. The predicted octanol–water partition coefficient (Wildman–Crippen LogP) is 7.52. The van der Waals surface area contributed by atoms with Crippen LogP contribution in [-0.2, 0) is 0 Å². The predicted molar refractivity (Wildman–Crippen MR) is 171 cm³/mol. The molecule has 0 fully saturated rings. The number of thiocarbonyl (C=S) groups is 1. The molecule has 0 amide bonds. The van der Waals surface area contributed by atoms with Crippen molar-refractivity contribution in [3.63, 3.8) is 0 Å². The molecule has 0 aliphatic heterocycles. The molecule has 0 spiro atoms. The van der Waals surface area contributed by atoms with Gasteiger partial charge in [0.1, 0.15) is 0 Å². The van der Waals surface area contributed by atoms with E-state index in [4.69, 9.17) is 12.2 Å². The third-order valence-electron chi connectivity index (χ3n) is 6.86. The van der Waals surface area contributed by atoms with E-state index in [1.807, 2.05) is 115 Å². The van der Waals surface area contributed by atoms with Gasteiger partial charge in [0.15, 0.2) is 0 Å². The fraction of sp³-hybridized carbons (Fsp3) is 0.0303. The van der Waals surface area contributed by atoms with Gasteiger partial charge in [-0.1, -0.05) is 0 Å². The molecule has 38 heavy (non-hydrogen) atoms. The molecule has 1 N–H and O–H groups in total. The summed E-state index contributed by atoms with van der Waals surface area (Å²) in [5.74, 6) is -0.0369. The molecule has 5 aromatic carbocycles. The summed E-state index contributed by atoms with van der Waals surface area (Å²) in [5, 5.41) is 2.74. The van der Waals surface area contributed by atoms with E-state index in [0.717, 1.165) is 21.6 Å². The van der Waals surface area contributed by atoms with Gasteiger partial charge in [-0.15, -0.1) is 0 Å². The summed E-state index contributed by atoms with van der Waals surface area (Å²) in [6, 6.07) is 50.1. The van der Waals surface area contributed by atoms with Crippen LogP contribution in [0.5, 0.6) is 0 Å². The molecule has 0 heterocycles. The van der Waals surface area contributed by atoms with Gasteiger partial charge in [-0.3, -0.25) is 0 Å². The normalized spacial score (nSPS) is 13.0. The molecule has 0 aliphatic rings.